The van der Waals surface area contributed by atoms with Crippen LogP contribution in [0.5, 0.6) is 0 Å². The van der Waals surface area contributed by atoms with Crippen LogP contribution >= 0.6 is 11.3 Å². The standard InChI is InChI=1S/C13H14N2O2S2/c16-19(17,10-6-2-1-3-7-10)15-13-14-11-8-4-5-9-12(11)18-13/h1-3,6-7H,4-5,8-9H2,(H,14,15). The molecule has 1 aromatic heterocycles. The third kappa shape index (κ3) is 2.64. The molecule has 1 N–H and O–H groups in total. The Morgan fingerprint density at radius 2 is 1.84 bits per heavy atom. The third-order valence-corrected chi connectivity index (χ3v) is 5.68. The highest BCUT2D eigenvalue weighted by Gasteiger charge is 2.19. The molecule has 1 heterocycles. The van der Waals surface area contributed by atoms with Gasteiger partial charge >= 0.3 is 0 Å². The fourth-order valence-electron chi connectivity index (χ4n) is 2.17. The number of fused-ring (bicyclic) bond motifs is 1. The van der Waals surface area contributed by atoms with Gasteiger partial charge in [-0.1, -0.05) is 18.2 Å². The molecular formula is C13H14N2O2S2. The molecule has 1 aliphatic carbocycles. The Kier molecular flexibility index (Phi) is 3.28. The van der Waals surface area contributed by atoms with E-state index in [0.717, 1.165) is 25.0 Å². The summed E-state index contributed by atoms with van der Waals surface area (Å²) in [5.74, 6) is 0. The number of nitrogens with zero attached hydrogens (tertiary/aromatic N) is 1. The molecule has 3 rings (SSSR count). The molecule has 0 unspecified atom stereocenters. The molecule has 4 nitrogen and oxygen atoms in total. The minimum Gasteiger partial charge on any atom is -0.255 e. The van der Waals surface area contributed by atoms with Gasteiger partial charge in [0.1, 0.15) is 0 Å². The van der Waals surface area contributed by atoms with Gasteiger partial charge in [-0.3, -0.25) is 4.72 Å². The smallest absolute Gasteiger partial charge is 0.255 e. The molecule has 100 valence electrons. The number of nitrogens with one attached hydrogen (secondary N) is 1. The zero-order valence-corrected chi connectivity index (χ0v) is 11.9. The highest BCUT2D eigenvalue weighted by Crippen LogP contribution is 2.30. The summed E-state index contributed by atoms with van der Waals surface area (Å²) < 4.78 is 26.9. The van der Waals surface area contributed by atoms with Crippen LogP contribution in [0.25, 0.3) is 0 Å². The predicted octanol–water partition coefficient (Wildman–Crippen LogP) is 2.82. The van der Waals surface area contributed by atoms with Crippen molar-refractivity contribution in [3.8, 4) is 0 Å². The molecule has 0 bridgehead atoms. The van der Waals surface area contributed by atoms with E-state index in [-0.39, 0.29) is 4.90 Å². The van der Waals surface area contributed by atoms with Gasteiger partial charge in [0.05, 0.1) is 10.6 Å². The summed E-state index contributed by atoms with van der Waals surface area (Å²) in [5, 5.41) is 0.482. The Labute approximate surface area is 116 Å². The minimum absolute atomic E-state index is 0.267. The molecule has 19 heavy (non-hydrogen) atoms. The predicted molar refractivity (Wildman–Crippen MR) is 76.0 cm³/mol. The molecule has 0 amide bonds. The number of hydrogen-bond acceptors (Lipinski definition) is 4. The molecule has 0 fully saturated rings. The van der Waals surface area contributed by atoms with Gasteiger partial charge in [-0.15, -0.1) is 11.3 Å². The lowest BCUT2D eigenvalue weighted by Crippen LogP contribution is -2.12. The number of aryl methyl sites for hydroxylation is 2. The SMILES string of the molecule is O=S(=O)(Nc1nc2c(s1)CCCC2)c1ccccc1. The van der Waals surface area contributed by atoms with Gasteiger partial charge < -0.3 is 0 Å². The van der Waals surface area contributed by atoms with Crippen molar-refractivity contribution in [3.05, 3.63) is 40.9 Å². The molecule has 0 atom stereocenters. The zero-order valence-electron chi connectivity index (χ0n) is 10.3. The molecule has 1 aliphatic rings. The Bertz CT molecular complexity index is 654. The number of benzene rings is 1. The fourth-order valence-corrected chi connectivity index (χ4v) is 4.47. The van der Waals surface area contributed by atoms with E-state index in [1.165, 1.54) is 22.6 Å². The van der Waals surface area contributed by atoms with Crippen LogP contribution in [0.15, 0.2) is 35.2 Å². The Morgan fingerprint density at radius 1 is 1.11 bits per heavy atom. The number of aromatic nitrogens is 1. The van der Waals surface area contributed by atoms with Gasteiger partial charge in [-0.05, 0) is 37.8 Å². The molecule has 0 spiro atoms. The Morgan fingerprint density at radius 3 is 2.58 bits per heavy atom. The third-order valence-electron chi connectivity index (χ3n) is 3.12. The normalized spacial score (nSPS) is 14.9. The van der Waals surface area contributed by atoms with Crippen LogP contribution in [0.3, 0.4) is 0 Å². The van der Waals surface area contributed by atoms with Crippen LogP contribution in [-0.4, -0.2) is 13.4 Å². The van der Waals surface area contributed by atoms with E-state index in [9.17, 15) is 8.42 Å². The van der Waals surface area contributed by atoms with Crippen molar-refractivity contribution >= 4 is 26.5 Å². The highest BCUT2D eigenvalue weighted by molar-refractivity contribution is 7.93. The van der Waals surface area contributed by atoms with Gasteiger partial charge in [0.25, 0.3) is 10.0 Å². The van der Waals surface area contributed by atoms with E-state index >= 15 is 0 Å². The maximum atomic E-state index is 12.2. The second-order valence-electron chi connectivity index (χ2n) is 4.51. The maximum Gasteiger partial charge on any atom is 0.263 e. The monoisotopic (exact) mass is 294 g/mol. The molecule has 1 aromatic carbocycles. The first kappa shape index (κ1) is 12.6. The second kappa shape index (κ2) is 4.94. The van der Waals surface area contributed by atoms with Crippen LogP contribution in [0.2, 0.25) is 0 Å². The molecule has 0 saturated carbocycles. The van der Waals surface area contributed by atoms with Crippen molar-refractivity contribution in [2.24, 2.45) is 0 Å². The zero-order chi connectivity index (χ0) is 13.3. The lowest BCUT2D eigenvalue weighted by molar-refractivity contribution is 0.601. The summed E-state index contributed by atoms with van der Waals surface area (Å²) in [6, 6.07) is 8.37. The second-order valence-corrected chi connectivity index (χ2v) is 7.28. The first-order chi connectivity index (χ1) is 9.15. The van der Waals surface area contributed by atoms with E-state index in [1.54, 1.807) is 30.3 Å². The first-order valence-corrected chi connectivity index (χ1v) is 8.51. The molecule has 0 saturated heterocycles. The average Bonchev–Trinajstić information content (AvgIpc) is 2.81. The largest absolute Gasteiger partial charge is 0.263 e. The van der Waals surface area contributed by atoms with Gasteiger partial charge in [0.2, 0.25) is 0 Å². The minimum atomic E-state index is -3.51. The molecule has 2 aromatic rings. The van der Waals surface area contributed by atoms with E-state index < -0.39 is 10.0 Å². The van der Waals surface area contributed by atoms with Crippen LogP contribution in [0, 0.1) is 0 Å². The summed E-state index contributed by atoms with van der Waals surface area (Å²) in [6.07, 6.45) is 4.28. The van der Waals surface area contributed by atoms with Crippen molar-refractivity contribution < 1.29 is 8.42 Å². The number of thiazole rings is 1. The first-order valence-electron chi connectivity index (χ1n) is 6.21. The van der Waals surface area contributed by atoms with E-state index in [4.69, 9.17) is 0 Å². The summed E-state index contributed by atoms with van der Waals surface area (Å²) >= 11 is 1.46. The van der Waals surface area contributed by atoms with Gasteiger partial charge in [-0.2, -0.15) is 0 Å². The highest BCUT2D eigenvalue weighted by atomic mass is 32.2. The summed E-state index contributed by atoms with van der Waals surface area (Å²) in [5.41, 5.74) is 1.06. The quantitative estimate of drug-likeness (QED) is 0.947. The lowest BCUT2D eigenvalue weighted by Gasteiger charge is -2.06. The molecule has 0 aliphatic heterocycles. The molecular weight excluding hydrogens is 280 g/mol. The fraction of sp³-hybridized carbons (Fsp3) is 0.308. The van der Waals surface area contributed by atoms with Gasteiger partial charge in [0, 0.05) is 4.88 Å². The van der Waals surface area contributed by atoms with E-state index in [1.807, 2.05) is 0 Å². The maximum absolute atomic E-state index is 12.2. The summed E-state index contributed by atoms with van der Waals surface area (Å²) in [6.45, 7) is 0. The molecule has 0 radical (unpaired) electrons. The molecule has 6 heteroatoms. The van der Waals surface area contributed by atoms with Crippen molar-refractivity contribution in [2.75, 3.05) is 4.72 Å². The number of hydrogen-bond donors (Lipinski definition) is 1. The Hall–Kier alpha value is -1.40. The Balaban J connectivity index is 1.87. The van der Waals surface area contributed by atoms with Gasteiger partial charge in [-0.25, -0.2) is 13.4 Å². The van der Waals surface area contributed by atoms with Crippen molar-refractivity contribution in [3.63, 3.8) is 0 Å². The average molecular weight is 294 g/mol. The van der Waals surface area contributed by atoms with Crippen LogP contribution in [0.4, 0.5) is 5.13 Å². The van der Waals surface area contributed by atoms with Crippen molar-refractivity contribution in [1.29, 1.82) is 0 Å². The van der Waals surface area contributed by atoms with Crippen LogP contribution in [0.1, 0.15) is 23.4 Å². The number of rotatable bonds is 3. The van der Waals surface area contributed by atoms with Gasteiger partial charge in [0.15, 0.2) is 5.13 Å². The topological polar surface area (TPSA) is 59.1 Å². The lowest BCUT2D eigenvalue weighted by atomic mass is 10.0. The van der Waals surface area contributed by atoms with E-state index in [0.29, 0.717) is 5.13 Å². The van der Waals surface area contributed by atoms with Crippen molar-refractivity contribution in [2.45, 2.75) is 30.6 Å². The van der Waals surface area contributed by atoms with E-state index in [2.05, 4.69) is 9.71 Å². The van der Waals surface area contributed by atoms with Crippen molar-refractivity contribution in [1.82, 2.24) is 4.98 Å². The number of sulfonamides is 1. The summed E-state index contributed by atoms with van der Waals surface area (Å²) in [7, 11) is -3.51. The van der Waals surface area contributed by atoms with Crippen LogP contribution < -0.4 is 4.72 Å². The summed E-state index contributed by atoms with van der Waals surface area (Å²) in [4.78, 5) is 5.88. The number of anilines is 1. The van der Waals surface area contributed by atoms with Crippen LogP contribution in [-0.2, 0) is 22.9 Å².